The van der Waals surface area contributed by atoms with Gasteiger partial charge in [-0.2, -0.15) is 8.42 Å². The van der Waals surface area contributed by atoms with E-state index in [9.17, 15) is 21.9 Å². The van der Waals surface area contributed by atoms with Gasteiger partial charge in [-0.3, -0.25) is 9.78 Å². The summed E-state index contributed by atoms with van der Waals surface area (Å²) in [4.78, 5) is 28.6. The van der Waals surface area contributed by atoms with Crippen LogP contribution in [0, 0.1) is 0 Å². The number of nitrogens with zero attached hydrogens (tertiary/aromatic N) is 2. The van der Waals surface area contributed by atoms with Crippen molar-refractivity contribution in [3.63, 3.8) is 0 Å². The SMILES string of the molecule is CCOC(=O)c1ccncc1N1CC(S(=O)(=O)F)CC1=O. The Morgan fingerprint density at radius 3 is 2.86 bits per heavy atom. The number of esters is 1. The lowest BCUT2D eigenvalue weighted by Crippen LogP contribution is -2.28. The third-order valence-electron chi connectivity index (χ3n) is 3.07. The molecule has 1 unspecified atom stereocenters. The van der Waals surface area contributed by atoms with Crippen molar-refractivity contribution < 1.29 is 26.6 Å². The fraction of sp³-hybridized carbons (Fsp3) is 0.417. The van der Waals surface area contributed by atoms with Gasteiger partial charge >= 0.3 is 16.2 Å². The number of amides is 1. The first-order chi connectivity index (χ1) is 9.84. The summed E-state index contributed by atoms with van der Waals surface area (Å²) in [7, 11) is -4.82. The van der Waals surface area contributed by atoms with Gasteiger partial charge in [0.1, 0.15) is 5.25 Å². The largest absolute Gasteiger partial charge is 0.462 e. The molecule has 1 fully saturated rings. The van der Waals surface area contributed by atoms with E-state index in [1.54, 1.807) is 6.92 Å². The molecule has 9 heteroatoms. The molecule has 2 heterocycles. The molecule has 1 aromatic heterocycles. The maximum absolute atomic E-state index is 13.0. The first-order valence-electron chi connectivity index (χ1n) is 6.19. The molecular weight excluding hydrogens is 303 g/mol. The summed E-state index contributed by atoms with van der Waals surface area (Å²) in [6, 6.07) is 1.36. The van der Waals surface area contributed by atoms with Crippen molar-refractivity contribution in [1.82, 2.24) is 4.98 Å². The van der Waals surface area contributed by atoms with Crippen LogP contribution < -0.4 is 4.90 Å². The van der Waals surface area contributed by atoms with Crippen LogP contribution in [0.4, 0.5) is 9.57 Å². The molecule has 1 atom stereocenters. The van der Waals surface area contributed by atoms with Gasteiger partial charge in [0.2, 0.25) is 5.91 Å². The molecule has 1 aromatic rings. The molecule has 0 spiro atoms. The van der Waals surface area contributed by atoms with E-state index in [1.165, 1.54) is 18.5 Å². The quantitative estimate of drug-likeness (QED) is 0.598. The van der Waals surface area contributed by atoms with E-state index in [0.717, 1.165) is 4.90 Å². The molecule has 2 rings (SSSR count). The van der Waals surface area contributed by atoms with Crippen molar-refractivity contribution in [2.24, 2.45) is 0 Å². The van der Waals surface area contributed by atoms with Gasteiger partial charge in [0, 0.05) is 19.2 Å². The molecule has 1 amide bonds. The summed E-state index contributed by atoms with van der Waals surface area (Å²) in [6.07, 6.45) is 2.13. The summed E-state index contributed by atoms with van der Waals surface area (Å²) in [5.74, 6) is -1.24. The second-order valence-electron chi connectivity index (χ2n) is 4.42. The van der Waals surface area contributed by atoms with E-state index in [-0.39, 0.29) is 24.4 Å². The minimum absolute atomic E-state index is 0.0807. The molecule has 21 heavy (non-hydrogen) atoms. The Morgan fingerprint density at radius 2 is 2.29 bits per heavy atom. The van der Waals surface area contributed by atoms with E-state index in [4.69, 9.17) is 4.74 Å². The zero-order valence-electron chi connectivity index (χ0n) is 11.2. The highest BCUT2D eigenvalue weighted by Crippen LogP contribution is 2.28. The molecule has 0 radical (unpaired) electrons. The Kier molecular flexibility index (Phi) is 4.21. The molecule has 1 aliphatic rings. The lowest BCUT2D eigenvalue weighted by Gasteiger charge is -2.18. The molecule has 1 aliphatic heterocycles. The fourth-order valence-electron chi connectivity index (χ4n) is 2.08. The Bertz CT molecular complexity index is 676. The van der Waals surface area contributed by atoms with Gasteiger partial charge < -0.3 is 9.64 Å². The monoisotopic (exact) mass is 316 g/mol. The van der Waals surface area contributed by atoms with Gasteiger partial charge in [-0.05, 0) is 13.0 Å². The van der Waals surface area contributed by atoms with E-state index in [1.807, 2.05) is 0 Å². The summed E-state index contributed by atoms with van der Waals surface area (Å²) >= 11 is 0. The molecular formula is C12H13FN2O5S. The minimum Gasteiger partial charge on any atom is -0.462 e. The van der Waals surface area contributed by atoms with Gasteiger partial charge in [0.15, 0.2) is 0 Å². The number of rotatable bonds is 4. The van der Waals surface area contributed by atoms with Crippen LogP contribution in [0.1, 0.15) is 23.7 Å². The molecule has 0 aromatic carbocycles. The summed E-state index contributed by atoms with van der Waals surface area (Å²) < 4.78 is 39.7. The van der Waals surface area contributed by atoms with Crippen LogP contribution in [-0.4, -0.2) is 43.7 Å². The Morgan fingerprint density at radius 1 is 1.57 bits per heavy atom. The number of halogens is 1. The normalized spacial score (nSPS) is 18.9. The Hall–Kier alpha value is -2.03. The highest BCUT2D eigenvalue weighted by atomic mass is 32.3. The zero-order valence-corrected chi connectivity index (χ0v) is 12.0. The van der Waals surface area contributed by atoms with Crippen molar-refractivity contribution in [3.8, 4) is 0 Å². The number of ether oxygens (including phenoxy) is 1. The van der Waals surface area contributed by atoms with Crippen LogP contribution in [-0.2, 0) is 19.8 Å². The fourth-order valence-corrected chi connectivity index (χ4v) is 2.75. The number of hydrogen-bond donors (Lipinski definition) is 0. The first kappa shape index (κ1) is 15.4. The summed E-state index contributed by atoms with van der Waals surface area (Å²) in [5, 5.41) is -1.43. The topological polar surface area (TPSA) is 93.6 Å². The maximum atomic E-state index is 13.0. The number of hydrogen-bond acceptors (Lipinski definition) is 6. The molecule has 0 aliphatic carbocycles. The smallest absolute Gasteiger partial charge is 0.340 e. The summed E-state index contributed by atoms with van der Waals surface area (Å²) in [6.45, 7) is 1.43. The van der Waals surface area contributed by atoms with E-state index in [2.05, 4.69) is 4.98 Å². The predicted molar refractivity (Wildman–Crippen MR) is 71.0 cm³/mol. The van der Waals surface area contributed by atoms with Crippen molar-refractivity contribution in [2.75, 3.05) is 18.1 Å². The highest BCUT2D eigenvalue weighted by Gasteiger charge is 2.40. The van der Waals surface area contributed by atoms with Gasteiger partial charge in [0.25, 0.3) is 0 Å². The number of carbonyl (C=O) groups is 2. The predicted octanol–water partition coefficient (Wildman–Crippen LogP) is 0.663. The Labute approximate surface area is 120 Å². The summed E-state index contributed by atoms with van der Waals surface area (Å²) in [5.41, 5.74) is 0.198. The number of aromatic nitrogens is 1. The molecule has 114 valence electrons. The van der Waals surface area contributed by atoms with Gasteiger partial charge in [-0.1, -0.05) is 0 Å². The molecule has 0 N–H and O–H groups in total. The molecule has 0 saturated carbocycles. The standard InChI is InChI=1S/C12H13FN2O5S/c1-2-20-12(17)9-3-4-14-6-10(9)15-7-8(5-11(15)16)21(13,18)19/h3-4,6,8H,2,5,7H2,1H3. The number of anilines is 1. The second kappa shape index (κ2) is 5.76. The first-order valence-corrected chi connectivity index (χ1v) is 7.64. The molecule has 7 nitrogen and oxygen atoms in total. The number of pyridine rings is 1. The Balaban J connectivity index is 2.35. The molecule has 0 bridgehead atoms. The van der Waals surface area contributed by atoms with Crippen LogP contribution in [0.3, 0.4) is 0 Å². The lowest BCUT2D eigenvalue weighted by molar-refractivity contribution is -0.117. The second-order valence-corrected chi connectivity index (χ2v) is 6.04. The van der Waals surface area contributed by atoms with Crippen molar-refractivity contribution >= 4 is 27.8 Å². The van der Waals surface area contributed by atoms with Crippen molar-refractivity contribution in [3.05, 3.63) is 24.0 Å². The van der Waals surface area contributed by atoms with Crippen LogP contribution in [0.25, 0.3) is 0 Å². The van der Waals surface area contributed by atoms with Crippen LogP contribution in [0.2, 0.25) is 0 Å². The third-order valence-corrected chi connectivity index (χ3v) is 4.19. The van der Waals surface area contributed by atoms with Crippen LogP contribution in [0.5, 0.6) is 0 Å². The average molecular weight is 316 g/mol. The van der Waals surface area contributed by atoms with Gasteiger partial charge in [0.05, 0.1) is 24.1 Å². The maximum Gasteiger partial charge on any atom is 0.340 e. The van der Waals surface area contributed by atoms with Crippen LogP contribution >= 0.6 is 0 Å². The lowest BCUT2D eigenvalue weighted by atomic mass is 10.2. The average Bonchev–Trinajstić information content (AvgIpc) is 2.81. The van der Waals surface area contributed by atoms with Crippen LogP contribution in [0.15, 0.2) is 18.5 Å². The molecule has 1 saturated heterocycles. The van der Waals surface area contributed by atoms with E-state index in [0.29, 0.717) is 0 Å². The third kappa shape index (κ3) is 3.18. The van der Waals surface area contributed by atoms with E-state index >= 15 is 0 Å². The van der Waals surface area contributed by atoms with Crippen molar-refractivity contribution in [2.45, 2.75) is 18.6 Å². The minimum atomic E-state index is -4.82. The van der Waals surface area contributed by atoms with Gasteiger partial charge in [-0.25, -0.2) is 4.79 Å². The van der Waals surface area contributed by atoms with Gasteiger partial charge in [-0.15, -0.1) is 3.89 Å². The van der Waals surface area contributed by atoms with Crippen molar-refractivity contribution in [1.29, 1.82) is 0 Å². The number of carbonyl (C=O) groups excluding carboxylic acids is 2. The highest BCUT2D eigenvalue weighted by molar-refractivity contribution is 7.87. The zero-order chi connectivity index (χ0) is 15.6. The van der Waals surface area contributed by atoms with E-state index < -0.39 is 33.8 Å².